The highest BCUT2D eigenvalue weighted by atomic mass is 32.1. The van der Waals surface area contributed by atoms with Crippen LogP contribution in [0.15, 0.2) is 11.4 Å². The molecule has 18 heavy (non-hydrogen) atoms. The van der Waals surface area contributed by atoms with Crippen molar-refractivity contribution in [1.29, 1.82) is 0 Å². The molecule has 2 aliphatic rings. The molecule has 1 aliphatic carbocycles. The second kappa shape index (κ2) is 5.41. The lowest BCUT2D eigenvalue weighted by Gasteiger charge is -2.22. The molecule has 0 bridgehead atoms. The van der Waals surface area contributed by atoms with E-state index in [1.165, 1.54) is 23.3 Å². The van der Waals surface area contributed by atoms with E-state index >= 15 is 0 Å². The number of carbonyl (C=O) groups is 1. The molecule has 3 rings (SSSR count). The number of fused-ring (bicyclic) bond motifs is 1. The van der Waals surface area contributed by atoms with Crippen LogP contribution in [-0.4, -0.2) is 25.0 Å². The summed E-state index contributed by atoms with van der Waals surface area (Å²) in [5.74, 6) is 0.324. The Hall–Kier alpha value is -0.870. The lowest BCUT2D eigenvalue weighted by molar-refractivity contribution is -0.122. The van der Waals surface area contributed by atoms with Crippen molar-refractivity contribution >= 4 is 17.2 Å². The van der Waals surface area contributed by atoms with Gasteiger partial charge in [0, 0.05) is 17.5 Å². The Morgan fingerprint density at radius 3 is 3.22 bits per heavy atom. The monoisotopic (exact) mass is 264 g/mol. The van der Waals surface area contributed by atoms with Gasteiger partial charge in [-0.1, -0.05) is 0 Å². The predicted molar refractivity (Wildman–Crippen MR) is 74.0 cm³/mol. The molecule has 3 nitrogen and oxygen atoms in total. The second-order valence-corrected chi connectivity index (χ2v) is 6.28. The summed E-state index contributed by atoms with van der Waals surface area (Å²) in [6.45, 7) is 1.88. The van der Waals surface area contributed by atoms with Gasteiger partial charge < -0.3 is 10.6 Å². The SMILES string of the molecule is O=C(NCC1CCCN1)C1CCCc2sccc21. The molecular weight excluding hydrogens is 244 g/mol. The fourth-order valence-corrected chi connectivity index (χ4v) is 4.02. The van der Waals surface area contributed by atoms with Gasteiger partial charge in [-0.05, 0) is 55.7 Å². The summed E-state index contributed by atoms with van der Waals surface area (Å²) in [6, 6.07) is 2.62. The van der Waals surface area contributed by atoms with E-state index in [-0.39, 0.29) is 11.8 Å². The van der Waals surface area contributed by atoms with Crippen molar-refractivity contribution in [2.45, 2.75) is 44.1 Å². The van der Waals surface area contributed by atoms with Crippen molar-refractivity contribution in [1.82, 2.24) is 10.6 Å². The zero-order chi connectivity index (χ0) is 12.4. The number of aryl methyl sites for hydroxylation is 1. The Bertz CT molecular complexity index is 423. The summed E-state index contributed by atoms with van der Waals surface area (Å²) in [5.41, 5.74) is 1.28. The Morgan fingerprint density at radius 2 is 2.39 bits per heavy atom. The average Bonchev–Trinajstić information content (AvgIpc) is 3.05. The molecule has 2 unspecified atom stereocenters. The lowest BCUT2D eigenvalue weighted by atomic mass is 9.87. The number of nitrogens with one attached hydrogen (secondary N) is 2. The van der Waals surface area contributed by atoms with Crippen LogP contribution < -0.4 is 10.6 Å². The van der Waals surface area contributed by atoms with Crippen molar-refractivity contribution in [3.8, 4) is 0 Å². The van der Waals surface area contributed by atoms with E-state index in [2.05, 4.69) is 22.1 Å². The van der Waals surface area contributed by atoms with E-state index < -0.39 is 0 Å². The largest absolute Gasteiger partial charge is 0.354 e. The van der Waals surface area contributed by atoms with Gasteiger partial charge in [-0.3, -0.25) is 4.79 Å². The minimum atomic E-state index is 0.0985. The summed E-state index contributed by atoms with van der Waals surface area (Å²) in [4.78, 5) is 13.7. The van der Waals surface area contributed by atoms with Crippen molar-refractivity contribution in [3.63, 3.8) is 0 Å². The van der Waals surface area contributed by atoms with Crippen LogP contribution in [0.3, 0.4) is 0 Å². The Morgan fingerprint density at radius 1 is 1.44 bits per heavy atom. The van der Waals surface area contributed by atoms with E-state index in [1.807, 2.05) is 0 Å². The van der Waals surface area contributed by atoms with Crippen LogP contribution in [0.5, 0.6) is 0 Å². The van der Waals surface area contributed by atoms with Gasteiger partial charge in [-0.25, -0.2) is 0 Å². The molecule has 1 saturated heterocycles. The van der Waals surface area contributed by atoms with Gasteiger partial charge in [0.1, 0.15) is 0 Å². The maximum Gasteiger partial charge on any atom is 0.227 e. The van der Waals surface area contributed by atoms with Crippen LogP contribution in [0.1, 0.15) is 42.0 Å². The van der Waals surface area contributed by atoms with Gasteiger partial charge in [0.25, 0.3) is 0 Å². The third-order valence-electron chi connectivity index (χ3n) is 4.05. The van der Waals surface area contributed by atoms with Crippen molar-refractivity contribution < 1.29 is 4.79 Å². The number of amides is 1. The molecule has 2 atom stereocenters. The molecule has 2 heterocycles. The zero-order valence-electron chi connectivity index (χ0n) is 10.6. The highest BCUT2D eigenvalue weighted by molar-refractivity contribution is 7.10. The summed E-state index contributed by atoms with van der Waals surface area (Å²) < 4.78 is 0. The number of hydrogen-bond donors (Lipinski definition) is 2. The first kappa shape index (κ1) is 12.2. The first-order valence-electron chi connectivity index (χ1n) is 6.92. The van der Waals surface area contributed by atoms with Gasteiger partial charge in [-0.15, -0.1) is 11.3 Å². The Balaban J connectivity index is 1.60. The van der Waals surface area contributed by atoms with Crippen molar-refractivity contribution in [2.75, 3.05) is 13.1 Å². The molecule has 1 aromatic rings. The molecule has 2 N–H and O–H groups in total. The molecule has 0 radical (unpaired) electrons. The third-order valence-corrected chi connectivity index (χ3v) is 5.05. The molecule has 0 aromatic carbocycles. The van der Waals surface area contributed by atoms with E-state index in [4.69, 9.17) is 0 Å². The Kier molecular flexibility index (Phi) is 3.66. The van der Waals surface area contributed by atoms with Gasteiger partial charge in [-0.2, -0.15) is 0 Å². The topological polar surface area (TPSA) is 41.1 Å². The highest BCUT2D eigenvalue weighted by Gasteiger charge is 2.27. The molecule has 1 aromatic heterocycles. The number of thiophene rings is 1. The quantitative estimate of drug-likeness (QED) is 0.877. The highest BCUT2D eigenvalue weighted by Crippen LogP contribution is 2.34. The third kappa shape index (κ3) is 2.45. The van der Waals surface area contributed by atoms with E-state index in [0.29, 0.717) is 6.04 Å². The fraction of sp³-hybridized carbons (Fsp3) is 0.643. The maximum atomic E-state index is 12.3. The average molecular weight is 264 g/mol. The molecule has 0 spiro atoms. The predicted octanol–water partition coefficient (Wildman–Crippen LogP) is 2.04. The molecule has 1 amide bonds. The van der Waals surface area contributed by atoms with Crippen LogP contribution >= 0.6 is 11.3 Å². The molecule has 0 saturated carbocycles. The smallest absolute Gasteiger partial charge is 0.227 e. The number of carbonyl (C=O) groups excluding carboxylic acids is 1. The van der Waals surface area contributed by atoms with E-state index in [9.17, 15) is 4.79 Å². The number of rotatable bonds is 3. The molecule has 98 valence electrons. The standard InChI is InChI=1S/C14H20N2OS/c17-14(16-9-10-3-2-7-15-10)12-4-1-5-13-11(12)6-8-18-13/h6,8,10,12,15H,1-5,7,9H2,(H,16,17). The lowest BCUT2D eigenvalue weighted by Crippen LogP contribution is -2.39. The minimum Gasteiger partial charge on any atom is -0.354 e. The second-order valence-electron chi connectivity index (χ2n) is 5.28. The van der Waals surface area contributed by atoms with Gasteiger partial charge >= 0.3 is 0 Å². The van der Waals surface area contributed by atoms with Crippen molar-refractivity contribution in [3.05, 3.63) is 21.9 Å². The van der Waals surface area contributed by atoms with Crippen LogP contribution in [0, 0.1) is 0 Å². The molecular formula is C14H20N2OS. The van der Waals surface area contributed by atoms with Gasteiger partial charge in [0.05, 0.1) is 5.92 Å². The summed E-state index contributed by atoms with van der Waals surface area (Å²) >= 11 is 1.80. The molecule has 1 fully saturated rings. The van der Waals surface area contributed by atoms with Crippen LogP contribution in [0.25, 0.3) is 0 Å². The van der Waals surface area contributed by atoms with Crippen LogP contribution in [-0.2, 0) is 11.2 Å². The first-order chi connectivity index (χ1) is 8.84. The normalized spacial score (nSPS) is 26.9. The van der Waals surface area contributed by atoms with E-state index in [1.54, 1.807) is 11.3 Å². The first-order valence-corrected chi connectivity index (χ1v) is 7.80. The van der Waals surface area contributed by atoms with Crippen LogP contribution in [0.4, 0.5) is 0 Å². The van der Waals surface area contributed by atoms with Crippen LogP contribution in [0.2, 0.25) is 0 Å². The molecule has 1 aliphatic heterocycles. The summed E-state index contributed by atoms with van der Waals surface area (Å²) in [6.07, 6.45) is 5.73. The Labute approximate surface area is 112 Å². The minimum absolute atomic E-state index is 0.0985. The molecule has 4 heteroatoms. The summed E-state index contributed by atoms with van der Waals surface area (Å²) in [5, 5.41) is 8.66. The van der Waals surface area contributed by atoms with E-state index in [0.717, 1.165) is 32.4 Å². The maximum absolute atomic E-state index is 12.3. The van der Waals surface area contributed by atoms with Gasteiger partial charge in [0.2, 0.25) is 5.91 Å². The van der Waals surface area contributed by atoms with Gasteiger partial charge in [0.15, 0.2) is 0 Å². The zero-order valence-corrected chi connectivity index (χ0v) is 11.4. The fourth-order valence-electron chi connectivity index (χ4n) is 3.04. The van der Waals surface area contributed by atoms with Crippen molar-refractivity contribution in [2.24, 2.45) is 0 Å². The summed E-state index contributed by atoms with van der Waals surface area (Å²) in [7, 11) is 0. The number of hydrogen-bond acceptors (Lipinski definition) is 3.